The summed E-state index contributed by atoms with van der Waals surface area (Å²) in [5.74, 6) is 0. The summed E-state index contributed by atoms with van der Waals surface area (Å²) in [6.07, 6.45) is 0. The lowest BCUT2D eigenvalue weighted by Crippen LogP contribution is -2.10. The molecule has 0 aliphatic rings. The Morgan fingerprint density at radius 1 is 0.300 bits per heavy atom. The smallest absolute Gasteiger partial charge is 0.143 e. The summed E-state index contributed by atoms with van der Waals surface area (Å²) in [6.45, 7) is 0. The largest absolute Gasteiger partial charge is 0.455 e. The van der Waals surface area contributed by atoms with Crippen LogP contribution in [0.2, 0.25) is 0 Å². The fraction of sp³-hybridized carbons (Fsp3) is 0. The molecule has 280 valence electrons. The minimum absolute atomic E-state index is 0.905. The maximum Gasteiger partial charge on any atom is 0.143 e. The average molecular weight is 764 g/mol. The van der Waals surface area contributed by atoms with Gasteiger partial charge in [0, 0.05) is 33.1 Å². The third-order valence-electron chi connectivity index (χ3n) is 12.3. The molecular weight excluding hydrogens is 727 g/mol. The van der Waals surface area contributed by atoms with Gasteiger partial charge in [0.05, 0.1) is 5.69 Å². The maximum atomic E-state index is 6.47. The van der Waals surface area contributed by atoms with Gasteiger partial charge in [-0.2, -0.15) is 0 Å². The highest BCUT2D eigenvalue weighted by Crippen LogP contribution is 2.46. The van der Waals surface area contributed by atoms with Gasteiger partial charge in [-0.1, -0.05) is 188 Å². The van der Waals surface area contributed by atoms with Crippen molar-refractivity contribution in [2.75, 3.05) is 4.90 Å². The Morgan fingerprint density at radius 3 is 1.60 bits per heavy atom. The topological polar surface area (TPSA) is 16.4 Å². The van der Waals surface area contributed by atoms with E-state index < -0.39 is 0 Å². The summed E-state index contributed by atoms with van der Waals surface area (Å²) >= 11 is 0. The SMILES string of the molecule is c1ccc2c(-c3ccc4ccccc4c3-c3ccc(N(c4ccc(-c5cccc6c5oc5ccccc56)cc4)c4cc5ccccc5c5ccccc45)cc3)cccc2c1. The van der Waals surface area contributed by atoms with Gasteiger partial charge in [-0.3, -0.25) is 0 Å². The Hall–Kier alpha value is -7.94. The number of hydrogen-bond acceptors (Lipinski definition) is 2. The fourth-order valence-corrected chi connectivity index (χ4v) is 9.46. The molecule has 0 atom stereocenters. The Balaban J connectivity index is 1.04. The molecular formula is C58H37NO. The average Bonchev–Trinajstić information content (AvgIpc) is 3.71. The minimum Gasteiger partial charge on any atom is -0.455 e. The molecule has 0 fully saturated rings. The van der Waals surface area contributed by atoms with E-state index in [-0.39, 0.29) is 0 Å². The number of furan rings is 1. The van der Waals surface area contributed by atoms with Crippen LogP contribution in [-0.4, -0.2) is 0 Å². The van der Waals surface area contributed by atoms with Gasteiger partial charge in [0.15, 0.2) is 0 Å². The van der Waals surface area contributed by atoms with Crippen molar-refractivity contribution >= 4 is 82.1 Å². The zero-order valence-corrected chi connectivity index (χ0v) is 32.7. The first-order chi connectivity index (χ1) is 29.8. The van der Waals surface area contributed by atoms with E-state index in [4.69, 9.17) is 4.42 Å². The van der Waals surface area contributed by atoms with E-state index in [2.05, 4.69) is 217 Å². The van der Waals surface area contributed by atoms with Gasteiger partial charge in [0.25, 0.3) is 0 Å². The van der Waals surface area contributed by atoms with E-state index in [0.29, 0.717) is 0 Å². The van der Waals surface area contributed by atoms with Crippen LogP contribution < -0.4 is 4.90 Å². The molecule has 0 N–H and O–H groups in total. The Kier molecular flexibility index (Phi) is 7.89. The number of nitrogens with zero attached hydrogens (tertiary/aromatic N) is 1. The summed E-state index contributed by atoms with van der Waals surface area (Å²) < 4.78 is 6.47. The molecule has 12 aromatic rings. The predicted octanol–water partition coefficient (Wildman–Crippen LogP) is 16.7. The predicted molar refractivity (Wildman–Crippen MR) is 255 cm³/mol. The molecule has 1 aromatic heterocycles. The van der Waals surface area contributed by atoms with Crippen molar-refractivity contribution in [3.63, 3.8) is 0 Å². The van der Waals surface area contributed by atoms with Crippen LogP contribution in [0.25, 0.3) is 98.4 Å². The second-order valence-electron chi connectivity index (χ2n) is 15.6. The lowest BCUT2D eigenvalue weighted by molar-refractivity contribution is 0.670. The van der Waals surface area contributed by atoms with Crippen molar-refractivity contribution in [2.24, 2.45) is 0 Å². The first kappa shape index (κ1) is 34.1. The molecule has 0 aliphatic carbocycles. The first-order valence-corrected chi connectivity index (χ1v) is 20.6. The van der Waals surface area contributed by atoms with E-state index in [1.165, 1.54) is 65.3 Å². The van der Waals surface area contributed by atoms with Crippen molar-refractivity contribution in [1.29, 1.82) is 0 Å². The quantitative estimate of drug-likeness (QED) is 0.157. The highest BCUT2D eigenvalue weighted by Gasteiger charge is 2.20. The molecule has 0 saturated heterocycles. The molecule has 11 aromatic carbocycles. The van der Waals surface area contributed by atoms with Gasteiger partial charge >= 0.3 is 0 Å². The van der Waals surface area contributed by atoms with Crippen LogP contribution in [0.5, 0.6) is 0 Å². The van der Waals surface area contributed by atoms with Crippen LogP contribution in [0.15, 0.2) is 229 Å². The second-order valence-corrected chi connectivity index (χ2v) is 15.6. The van der Waals surface area contributed by atoms with Gasteiger partial charge in [0.1, 0.15) is 11.2 Å². The fourth-order valence-electron chi connectivity index (χ4n) is 9.46. The summed E-state index contributed by atoms with van der Waals surface area (Å²) in [5, 5.41) is 12.1. The molecule has 0 saturated carbocycles. The Bertz CT molecular complexity index is 3590. The van der Waals surface area contributed by atoms with Gasteiger partial charge in [-0.25, -0.2) is 0 Å². The van der Waals surface area contributed by atoms with Crippen molar-refractivity contribution in [2.45, 2.75) is 0 Å². The number of hydrogen-bond donors (Lipinski definition) is 0. The second kappa shape index (κ2) is 13.9. The van der Waals surface area contributed by atoms with Crippen molar-refractivity contribution in [3.8, 4) is 33.4 Å². The van der Waals surface area contributed by atoms with E-state index in [1.807, 2.05) is 12.1 Å². The van der Waals surface area contributed by atoms with Crippen LogP contribution in [0, 0.1) is 0 Å². The van der Waals surface area contributed by atoms with Crippen molar-refractivity contribution < 1.29 is 4.42 Å². The van der Waals surface area contributed by atoms with E-state index in [0.717, 1.165) is 50.1 Å². The number of para-hydroxylation sites is 2. The normalized spacial score (nSPS) is 11.7. The molecule has 0 spiro atoms. The van der Waals surface area contributed by atoms with Gasteiger partial charge in [-0.15, -0.1) is 0 Å². The zero-order chi connectivity index (χ0) is 39.6. The molecule has 0 bridgehead atoms. The molecule has 2 nitrogen and oxygen atoms in total. The lowest BCUT2D eigenvalue weighted by Gasteiger charge is -2.28. The number of rotatable bonds is 6. The number of anilines is 3. The summed E-state index contributed by atoms with van der Waals surface area (Å²) in [4.78, 5) is 2.42. The zero-order valence-electron chi connectivity index (χ0n) is 32.7. The summed E-state index contributed by atoms with van der Waals surface area (Å²) in [7, 11) is 0. The third-order valence-corrected chi connectivity index (χ3v) is 12.3. The third kappa shape index (κ3) is 5.50. The van der Waals surface area contributed by atoms with Crippen LogP contribution in [0.1, 0.15) is 0 Å². The van der Waals surface area contributed by atoms with E-state index >= 15 is 0 Å². The van der Waals surface area contributed by atoms with Gasteiger partial charge < -0.3 is 9.32 Å². The van der Waals surface area contributed by atoms with Crippen molar-refractivity contribution in [3.05, 3.63) is 224 Å². The highest BCUT2D eigenvalue weighted by molar-refractivity contribution is 6.15. The Labute approximate surface area is 347 Å². The Morgan fingerprint density at radius 2 is 0.833 bits per heavy atom. The molecule has 0 radical (unpaired) electrons. The number of fused-ring (bicyclic) bond motifs is 8. The van der Waals surface area contributed by atoms with Crippen LogP contribution in [0.4, 0.5) is 17.1 Å². The van der Waals surface area contributed by atoms with Gasteiger partial charge in [0.2, 0.25) is 0 Å². The van der Waals surface area contributed by atoms with Crippen LogP contribution in [-0.2, 0) is 0 Å². The van der Waals surface area contributed by atoms with E-state index in [1.54, 1.807) is 0 Å². The summed E-state index contributed by atoms with van der Waals surface area (Å²) in [6, 6.07) is 81.3. The first-order valence-electron chi connectivity index (χ1n) is 20.6. The molecule has 0 amide bonds. The molecule has 0 aliphatic heterocycles. The molecule has 1 heterocycles. The van der Waals surface area contributed by atoms with Crippen LogP contribution in [0.3, 0.4) is 0 Å². The lowest BCUT2D eigenvalue weighted by atomic mass is 9.88. The summed E-state index contributed by atoms with van der Waals surface area (Å²) in [5.41, 5.74) is 12.2. The maximum absolute atomic E-state index is 6.47. The number of benzene rings is 11. The van der Waals surface area contributed by atoms with Crippen LogP contribution >= 0.6 is 0 Å². The van der Waals surface area contributed by atoms with Crippen molar-refractivity contribution in [1.82, 2.24) is 0 Å². The molecule has 60 heavy (non-hydrogen) atoms. The molecule has 0 unspecified atom stereocenters. The standard InChI is InChI=1S/C58H37NO/c1-4-17-45-38(13-1)16-11-24-50(45)53-36-31-39-14-2-6-19-47(39)57(53)41-29-34-44(35-30-41)59(55-37-42-15-3-5-18-46(42)49-20-7-8-21-51(49)55)43-32-27-40(28-33-43)48-23-12-25-54-52-22-9-10-26-56(52)60-58(48)54/h1-37H. The van der Waals surface area contributed by atoms with E-state index in [9.17, 15) is 0 Å². The molecule has 12 rings (SSSR count). The minimum atomic E-state index is 0.905. The monoisotopic (exact) mass is 763 g/mol. The van der Waals surface area contributed by atoms with Gasteiger partial charge in [-0.05, 0) is 102 Å². The highest BCUT2D eigenvalue weighted by atomic mass is 16.3. The molecule has 2 heteroatoms.